The van der Waals surface area contributed by atoms with E-state index in [1.165, 1.54) is 70.8 Å². The number of hydrogen-bond donors (Lipinski definition) is 0. The second kappa shape index (κ2) is 12.9. The molecule has 10 aromatic carbocycles. The van der Waals surface area contributed by atoms with Gasteiger partial charge in [-0.15, -0.1) is 0 Å². The van der Waals surface area contributed by atoms with Crippen LogP contribution in [-0.2, 0) is 0 Å². The van der Waals surface area contributed by atoms with Crippen LogP contribution in [0.2, 0.25) is 0 Å². The van der Waals surface area contributed by atoms with E-state index >= 15 is 0 Å². The highest BCUT2D eigenvalue weighted by Gasteiger charge is 2.27. The summed E-state index contributed by atoms with van der Waals surface area (Å²) < 4.78 is 7.31. The molecule has 300 valence electrons. The molecule has 0 aliphatic carbocycles. The Labute approximate surface area is 371 Å². The van der Waals surface area contributed by atoms with Crippen molar-refractivity contribution in [3.8, 4) is 34.0 Å². The van der Waals surface area contributed by atoms with E-state index in [1.54, 1.807) is 0 Å². The summed E-state index contributed by atoms with van der Waals surface area (Å²) in [7, 11) is 0. The Morgan fingerprint density at radius 2 is 0.923 bits per heavy atom. The number of rotatable bonds is 4. The SMILES string of the molecule is c1ccc(-c2ccc(-c3nc(-n4c5cc6c(c7ccccc7n6-c6ccccc6)c6c7cccc8c9ccccc9n(c9cccc4c9c65)c87)nc4c3ccc3ccccc34)cc2)cc1. The van der Waals surface area contributed by atoms with Crippen LogP contribution in [0.1, 0.15) is 0 Å². The van der Waals surface area contributed by atoms with Crippen LogP contribution in [0.4, 0.5) is 0 Å². The fourth-order valence-electron chi connectivity index (χ4n) is 11.3. The first-order valence-corrected chi connectivity index (χ1v) is 22.3. The van der Waals surface area contributed by atoms with Crippen LogP contribution in [0.5, 0.6) is 0 Å². The highest BCUT2D eigenvalue weighted by atomic mass is 15.2. The Hall–Kier alpha value is -8.80. The summed E-state index contributed by atoms with van der Waals surface area (Å²) >= 11 is 0. The van der Waals surface area contributed by atoms with E-state index in [4.69, 9.17) is 9.97 Å². The van der Waals surface area contributed by atoms with Gasteiger partial charge in [0.05, 0.1) is 49.8 Å². The standard InChI is InChI=1S/C60H35N5/c1-3-15-36(16-4-1)37-29-31-39(32-30-37)57-46-34-33-38-17-7-8-20-41(38)58(46)62-60(61-57)65-50-28-14-27-49-55(50)56-52(65)35-51-53(44-22-10-12-26-48(44)63(51)40-18-5-2-6-19-40)54(56)45-24-13-23-43-42-21-9-11-25-47(42)64(49)59(43)45/h1-35H. The summed E-state index contributed by atoms with van der Waals surface area (Å²) in [4.78, 5) is 11.4. The predicted octanol–water partition coefficient (Wildman–Crippen LogP) is 15.5. The molecule has 0 radical (unpaired) electrons. The van der Waals surface area contributed by atoms with Gasteiger partial charge in [-0.1, -0.05) is 164 Å². The van der Waals surface area contributed by atoms with Gasteiger partial charge in [0, 0.05) is 65.1 Å². The van der Waals surface area contributed by atoms with Crippen LogP contribution in [0.3, 0.4) is 0 Å². The van der Waals surface area contributed by atoms with Gasteiger partial charge in [0.1, 0.15) is 0 Å². The third-order valence-electron chi connectivity index (χ3n) is 14.0. The van der Waals surface area contributed by atoms with Gasteiger partial charge in [-0.2, -0.15) is 0 Å². The zero-order chi connectivity index (χ0) is 42.3. The van der Waals surface area contributed by atoms with E-state index in [0.29, 0.717) is 5.95 Å². The molecule has 5 nitrogen and oxygen atoms in total. The van der Waals surface area contributed by atoms with E-state index in [0.717, 1.165) is 60.7 Å². The summed E-state index contributed by atoms with van der Waals surface area (Å²) in [5.41, 5.74) is 14.3. The third kappa shape index (κ3) is 4.65. The van der Waals surface area contributed by atoms with Gasteiger partial charge in [-0.25, -0.2) is 9.97 Å². The van der Waals surface area contributed by atoms with Crippen molar-refractivity contribution < 1.29 is 0 Å². The van der Waals surface area contributed by atoms with Crippen molar-refractivity contribution in [3.05, 3.63) is 212 Å². The van der Waals surface area contributed by atoms with Crippen molar-refractivity contribution in [1.82, 2.24) is 23.5 Å². The molecule has 5 aromatic heterocycles. The van der Waals surface area contributed by atoms with Crippen LogP contribution in [0.25, 0.3) is 137 Å². The van der Waals surface area contributed by atoms with Crippen molar-refractivity contribution in [2.75, 3.05) is 0 Å². The van der Waals surface area contributed by atoms with Gasteiger partial charge >= 0.3 is 0 Å². The minimum absolute atomic E-state index is 0.636. The summed E-state index contributed by atoms with van der Waals surface area (Å²) in [5.74, 6) is 0.636. The quantitative estimate of drug-likeness (QED) is 0.166. The van der Waals surface area contributed by atoms with Crippen molar-refractivity contribution in [2.24, 2.45) is 0 Å². The third-order valence-corrected chi connectivity index (χ3v) is 14.0. The Morgan fingerprint density at radius 1 is 0.308 bits per heavy atom. The predicted molar refractivity (Wildman–Crippen MR) is 271 cm³/mol. The van der Waals surface area contributed by atoms with Crippen molar-refractivity contribution in [1.29, 1.82) is 0 Å². The molecule has 5 heterocycles. The maximum atomic E-state index is 5.69. The highest BCUT2D eigenvalue weighted by molar-refractivity contribution is 6.39. The Morgan fingerprint density at radius 3 is 1.77 bits per heavy atom. The lowest BCUT2D eigenvalue weighted by molar-refractivity contribution is 1.02. The van der Waals surface area contributed by atoms with Gasteiger partial charge < -0.3 is 8.97 Å². The number of aromatic nitrogens is 5. The lowest BCUT2D eigenvalue weighted by Crippen LogP contribution is -2.04. The molecular formula is C60H35N5. The fourth-order valence-corrected chi connectivity index (χ4v) is 11.3. The lowest BCUT2D eigenvalue weighted by atomic mass is 9.98. The maximum Gasteiger partial charge on any atom is 0.235 e. The summed E-state index contributed by atoms with van der Waals surface area (Å²) in [6.45, 7) is 0. The molecule has 0 saturated heterocycles. The maximum absolute atomic E-state index is 5.69. The van der Waals surface area contributed by atoms with E-state index in [2.05, 4.69) is 226 Å². The molecule has 15 aromatic rings. The molecule has 0 unspecified atom stereocenters. The lowest BCUT2D eigenvalue weighted by Gasteiger charge is -2.14. The van der Waals surface area contributed by atoms with Crippen LogP contribution in [-0.4, -0.2) is 23.5 Å². The molecule has 0 fully saturated rings. The average molecular weight is 826 g/mol. The van der Waals surface area contributed by atoms with Crippen molar-refractivity contribution >= 4 is 103 Å². The van der Waals surface area contributed by atoms with E-state index in [-0.39, 0.29) is 0 Å². The monoisotopic (exact) mass is 825 g/mol. The minimum Gasteiger partial charge on any atom is -0.309 e. The first kappa shape index (κ1) is 34.7. The summed E-state index contributed by atoms with van der Waals surface area (Å²) in [6, 6.07) is 77.0. The molecular weight excluding hydrogens is 791 g/mol. The van der Waals surface area contributed by atoms with Crippen LogP contribution >= 0.6 is 0 Å². The highest BCUT2D eigenvalue weighted by Crippen LogP contribution is 2.49. The molecule has 0 aliphatic heterocycles. The first-order valence-electron chi connectivity index (χ1n) is 22.3. The zero-order valence-electron chi connectivity index (χ0n) is 34.9. The molecule has 5 heteroatoms. The Kier molecular flexibility index (Phi) is 6.89. The normalized spacial score (nSPS) is 12.3. The second-order valence-electron chi connectivity index (χ2n) is 17.3. The molecule has 0 aliphatic rings. The summed E-state index contributed by atoms with van der Waals surface area (Å²) in [6.07, 6.45) is 0. The van der Waals surface area contributed by atoms with E-state index < -0.39 is 0 Å². The van der Waals surface area contributed by atoms with Crippen molar-refractivity contribution in [2.45, 2.75) is 0 Å². The number of nitrogens with zero attached hydrogens (tertiary/aromatic N) is 5. The molecule has 0 atom stereocenters. The van der Waals surface area contributed by atoms with Crippen LogP contribution in [0.15, 0.2) is 212 Å². The largest absolute Gasteiger partial charge is 0.309 e. The fraction of sp³-hybridized carbons (Fsp3) is 0. The summed E-state index contributed by atoms with van der Waals surface area (Å²) in [5, 5.41) is 13.0. The van der Waals surface area contributed by atoms with E-state index in [9.17, 15) is 0 Å². The molecule has 0 amide bonds. The molecule has 0 bridgehead atoms. The number of hydrogen-bond acceptors (Lipinski definition) is 2. The smallest absolute Gasteiger partial charge is 0.235 e. The molecule has 15 rings (SSSR count). The zero-order valence-corrected chi connectivity index (χ0v) is 34.9. The molecule has 0 N–H and O–H groups in total. The Balaban J connectivity index is 1.17. The van der Waals surface area contributed by atoms with Gasteiger partial charge in [0.15, 0.2) is 0 Å². The molecule has 65 heavy (non-hydrogen) atoms. The van der Waals surface area contributed by atoms with Crippen molar-refractivity contribution in [3.63, 3.8) is 0 Å². The number of fused-ring (bicyclic) bond motifs is 12. The molecule has 0 saturated carbocycles. The van der Waals surface area contributed by atoms with Gasteiger partial charge in [0.25, 0.3) is 0 Å². The molecule has 0 spiro atoms. The van der Waals surface area contributed by atoms with Gasteiger partial charge in [-0.05, 0) is 65.0 Å². The Bertz CT molecular complexity index is 4440. The second-order valence-corrected chi connectivity index (χ2v) is 17.3. The van der Waals surface area contributed by atoms with Gasteiger partial charge in [0.2, 0.25) is 5.95 Å². The van der Waals surface area contributed by atoms with Crippen LogP contribution in [0, 0.1) is 0 Å². The first-order chi connectivity index (χ1) is 32.3. The topological polar surface area (TPSA) is 40.0 Å². The van der Waals surface area contributed by atoms with E-state index in [1.807, 2.05) is 0 Å². The van der Waals surface area contributed by atoms with Gasteiger partial charge in [-0.3, -0.25) is 4.57 Å². The average Bonchev–Trinajstić information content (AvgIpc) is 3.98. The van der Waals surface area contributed by atoms with Crippen LogP contribution < -0.4 is 0 Å². The number of para-hydroxylation sites is 4. The number of benzene rings is 10. The minimum atomic E-state index is 0.636.